The third-order valence-electron chi connectivity index (χ3n) is 2.64. The lowest BCUT2D eigenvalue weighted by Crippen LogP contribution is -2.24. The standard InChI is InChI=1S/C10H9ClN2O4S/c11-6-2-8(9(14)3-7(6)13(16)17)12-4-5(18)1-10(12)15/h2-3,5,14,18H,1,4H2. The van der Waals surface area contributed by atoms with Crippen molar-refractivity contribution in [2.45, 2.75) is 11.7 Å². The van der Waals surface area contributed by atoms with E-state index >= 15 is 0 Å². The molecule has 1 unspecified atom stereocenters. The third-order valence-corrected chi connectivity index (χ3v) is 3.28. The van der Waals surface area contributed by atoms with Crippen LogP contribution in [0.15, 0.2) is 12.1 Å². The van der Waals surface area contributed by atoms with Gasteiger partial charge in [-0.05, 0) is 6.07 Å². The molecular weight excluding hydrogens is 280 g/mol. The van der Waals surface area contributed by atoms with Crippen LogP contribution >= 0.6 is 24.2 Å². The maximum Gasteiger partial charge on any atom is 0.291 e. The Morgan fingerprint density at radius 2 is 2.22 bits per heavy atom. The van der Waals surface area contributed by atoms with Gasteiger partial charge in [0.1, 0.15) is 10.8 Å². The largest absolute Gasteiger partial charge is 0.505 e. The number of nitrogens with zero attached hydrogens (tertiary/aromatic N) is 2. The van der Waals surface area contributed by atoms with Gasteiger partial charge in [0, 0.05) is 18.2 Å². The predicted octanol–water partition coefficient (Wildman–Crippen LogP) is 1.99. The second-order valence-corrected chi connectivity index (χ2v) is 5.05. The molecule has 18 heavy (non-hydrogen) atoms. The van der Waals surface area contributed by atoms with Gasteiger partial charge in [0.25, 0.3) is 5.69 Å². The molecule has 1 aromatic carbocycles. The Balaban J connectivity index is 2.44. The zero-order valence-electron chi connectivity index (χ0n) is 9.04. The Bertz CT molecular complexity index is 537. The van der Waals surface area contributed by atoms with E-state index < -0.39 is 10.6 Å². The Kier molecular flexibility index (Phi) is 3.36. The second-order valence-electron chi connectivity index (χ2n) is 3.91. The molecule has 0 aliphatic carbocycles. The van der Waals surface area contributed by atoms with E-state index in [1.165, 1.54) is 11.0 Å². The summed E-state index contributed by atoms with van der Waals surface area (Å²) < 4.78 is 0. The molecule has 6 nitrogen and oxygen atoms in total. The van der Waals surface area contributed by atoms with E-state index in [1.807, 2.05) is 0 Å². The van der Waals surface area contributed by atoms with Crippen LogP contribution in [0.1, 0.15) is 6.42 Å². The first-order chi connectivity index (χ1) is 8.40. The van der Waals surface area contributed by atoms with Crippen molar-refractivity contribution in [3.05, 3.63) is 27.3 Å². The number of phenolic OH excluding ortho intramolecular Hbond substituents is 1. The maximum atomic E-state index is 11.7. The molecule has 1 atom stereocenters. The van der Waals surface area contributed by atoms with Crippen LogP contribution in [-0.4, -0.2) is 27.7 Å². The predicted molar refractivity (Wildman–Crippen MR) is 69.5 cm³/mol. The van der Waals surface area contributed by atoms with Crippen LogP contribution < -0.4 is 4.90 Å². The van der Waals surface area contributed by atoms with E-state index in [-0.39, 0.29) is 34.0 Å². The molecule has 0 bridgehead atoms. The smallest absolute Gasteiger partial charge is 0.291 e. The van der Waals surface area contributed by atoms with Crippen LogP contribution in [0.3, 0.4) is 0 Å². The van der Waals surface area contributed by atoms with Gasteiger partial charge < -0.3 is 10.0 Å². The second kappa shape index (κ2) is 4.66. The number of nitro groups is 1. The monoisotopic (exact) mass is 288 g/mol. The molecular formula is C10H9ClN2O4S. The van der Waals surface area contributed by atoms with Crippen molar-refractivity contribution in [3.8, 4) is 5.75 Å². The fourth-order valence-electron chi connectivity index (χ4n) is 1.82. The number of amides is 1. The van der Waals surface area contributed by atoms with Gasteiger partial charge in [0.2, 0.25) is 5.91 Å². The molecule has 0 aromatic heterocycles. The van der Waals surface area contributed by atoms with Crippen LogP contribution in [0.2, 0.25) is 5.02 Å². The minimum Gasteiger partial charge on any atom is -0.505 e. The highest BCUT2D eigenvalue weighted by Crippen LogP contribution is 2.39. The number of phenols is 1. The average Bonchev–Trinajstić information content (AvgIpc) is 2.60. The van der Waals surface area contributed by atoms with Crippen LogP contribution in [-0.2, 0) is 4.79 Å². The molecule has 1 N–H and O–H groups in total. The van der Waals surface area contributed by atoms with Crippen molar-refractivity contribution in [3.63, 3.8) is 0 Å². The Hall–Kier alpha value is -1.47. The van der Waals surface area contributed by atoms with Crippen molar-refractivity contribution in [1.82, 2.24) is 0 Å². The molecule has 0 spiro atoms. The van der Waals surface area contributed by atoms with Crippen molar-refractivity contribution < 1.29 is 14.8 Å². The number of halogens is 1. The molecule has 1 aromatic rings. The highest BCUT2D eigenvalue weighted by atomic mass is 35.5. The Morgan fingerprint density at radius 3 is 2.72 bits per heavy atom. The van der Waals surface area contributed by atoms with Crippen molar-refractivity contribution in [2.75, 3.05) is 11.4 Å². The molecule has 8 heteroatoms. The summed E-state index contributed by atoms with van der Waals surface area (Å²) in [6.45, 7) is 0.337. The number of nitro benzene ring substituents is 1. The molecule has 1 amide bonds. The molecule has 96 valence electrons. The first kappa shape index (κ1) is 13.0. The SMILES string of the molecule is O=C1CC(S)CN1c1cc(Cl)c([N+](=O)[O-])cc1O. The summed E-state index contributed by atoms with van der Waals surface area (Å²) in [5.41, 5.74) is -0.223. The highest BCUT2D eigenvalue weighted by Gasteiger charge is 2.31. The quantitative estimate of drug-likeness (QED) is 0.495. The maximum absolute atomic E-state index is 11.7. The van der Waals surface area contributed by atoms with E-state index in [4.69, 9.17) is 11.6 Å². The van der Waals surface area contributed by atoms with Gasteiger partial charge in [-0.15, -0.1) is 0 Å². The van der Waals surface area contributed by atoms with Gasteiger partial charge in [-0.25, -0.2) is 0 Å². The minimum absolute atomic E-state index is 0.120. The topological polar surface area (TPSA) is 83.7 Å². The Labute approximate surface area is 113 Å². The Morgan fingerprint density at radius 1 is 1.56 bits per heavy atom. The molecule has 1 heterocycles. The molecule has 2 rings (SSSR count). The normalized spacial score (nSPS) is 19.3. The number of benzene rings is 1. The van der Waals surface area contributed by atoms with Crippen LogP contribution in [0.5, 0.6) is 5.75 Å². The highest BCUT2D eigenvalue weighted by molar-refractivity contribution is 7.81. The average molecular weight is 289 g/mol. The van der Waals surface area contributed by atoms with Crippen molar-refractivity contribution >= 4 is 41.5 Å². The lowest BCUT2D eigenvalue weighted by Gasteiger charge is -2.17. The van der Waals surface area contributed by atoms with E-state index in [1.54, 1.807) is 0 Å². The summed E-state index contributed by atoms with van der Waals surface area (Å²) in [6.07, 6.45) is 0.261. The third kappa shape index (κ3) is 2.23. The van der Waals surface area contributed by atoms with E-state index in [2.05, 4.69) is 12.6 Å². The first-order valence-corrected chi connectivity index (χ1v) is 5.95. The fraction of sp³-hybridized carbons (Fsp3) is 0.300. The first-order valence-electron chi connectivity index (χ1n) is 5.05. The number of anilines is 1. The van der Waals surface area contributed by atoms with Gasteiger partial charge in [-0.3, -0.25) is 14.9 Å². The number of rotatable bonds is 2. The van der Waals surface area contributed by atoms with E-state index in [0.717, 1.165) is 6.07 Å². The summed E-state index contributed by atoms with van der Waals surface area (Å²) in [6, 6.07) is 2.16. The number of hydrogen-bond acceptors (Lipinski definition) is 5. The number of hydrogen-bond donors (Lipinski definition) is 2. The van der Waals surface area contributed by atoms with Crippen LogP contribution in [0.4, 0.5) is 11.4 Å². The molecule has 0 saturated carbocycles. The molecule has 1 aliphatic heterocycles. The van der Waals surface area contributed by atoms with Crippen LogP contribution in [0.25, 0.3) is 0 Å². The van der Waals surface area contributed by atoms with Gasteiger partial charge >= 0.3 is 0 Å². The van der Waals surface area contributed by atoms with Gasteiger partial charge in [0.15, 0.2) is 0 Å². The van der Waals surface area contributed by atoms with Crippen molar-refractivity contribution in [2.24, 2.45) is 0 Å². The minimum atomic E-state index is -0.695. The molecule has 1 fully saturated rings. The van der Waals surface area contributed by atoms with Crippen LogP contribution in [0, 0.1) is 10.1 Å². The number of thiol groups is 1. The summed E-state index contributed by atoms with van der Waals surface area (Å²) in [4.78, 5) is 22.9. The number of carbonyl (C=O) groups is 1. The van der Waals surface area contributed by atoms with Gasteiger partial charge in [0.05, 0.1) is 16.7 Å². The fourth-order valence-corrected chi connectivity index (χ4v) is 2.36. The molecule has 0 radical (unpaired) electrons. The van der Waals surface area contributed by atoms with Crippen molar-refractivity contribution in [1.29, 1.82) is 0 Å². The number of aromatic hydroxyl groups is 1. The summed E-state index contributed by atoms with van der Waals surface area (Å²) in [5, 5.41) is 20.1. The zero-order valence-corrected chi connectivity index (χ0v) is 10.7. The molecule has 1 saturated heterocycles. The number of carbonyl (C=O) groups excluding carboxylic acids is 1. The van der Waals surface area contributed by atoms with E-state index in [0.29, 0.717) is 6.54 Å². The summed E-state index contributed by atoms with van der Waals surface area (Å²) in [5.74, 6) is -0.544. The zero-order chi connectivity index (χ0) is 13.4. The van der Waals surface area contributed by atoms with Gasteiger partial charge in [-0.1, -0.05) is 11.6 Å². The summed E-state index contributed by atoms with van der Waals surface area (Å²) >= 11 is 9.94. The van der Waals surface area contributed by atoms with Gasteiger partial charge in [-0.2, -0.15) is 12.6 Å². The summed E-state index contributed by atoms with van der Waals surface area (Å²) in [7, 11) is 0. The lowest BCUT2D eigenvalue weighted by atomic mass is 10.2. The molecule has 1 aliphatic rings. The van der Waals surface area contributed by atoms with E-state index in [9.17, 15) is 20.0 Å². The lowest BCUT2D eigenvalue weighted by molar-refractivity contribution is -0.384.